The Morgan fingerprint density at radius 1 is 1.33 bits per heavy atom. The molecule has 1 N–H and O–H groups in total. The van der Waals surface area contributed by atoms with E-state index in [9.17, 15) is 13.2 Å². The number of hydrogen-bond acceptors (Lipinski definition) is 2. The van der Waals surface area contributed by atoms with Gasteiger partial charge in [0.1, 0.15) is 0 Å². The monoisotopic (exact) mass is 315 g/mol. The van der Waals surface area contributed by atoms with E-state index in [2.05, 4.69) is 10.3 Å². The van der Waals surface area contributed by atoms with Gasteiger partial charge in [-0.1, -0.05) is 11.6 Å². The highest BCUT2D eigenvalue weighted by Gasteiger charge is 2.31. The van der Waals surface area contributed by atoms with Crippen LogP contribution in [0.15, 0.2) is 30.7 Å². The first-order valence-corrected chi connectivity index (χ1v) is 6.94. The van der Waals surface area contributed by atoms with Gasteiger partial charge in [0.05, 0.1) is 22.6 Å². The molecule has 21 heavy (non-hydrogen) atoms. The highest BCUT2D eigenvalue weighted by Crippen LogP contribution is 2.34. The number of rotatable bonds is 2. The maximum Gasteiger partial charge on any atom is 0.416 e. The zero-order valence-electron chi connectivity index (χ0n) is 11.0. The van der Waals surface area contributed by atoms with Crippen LogP contribution in [-0.4, -0.2) is 22.6 Å². The lowest BCUT2D eigenvalue weighted by molar-refractivity contribution is -0.137. The molecule has 0 aliphatic carbocycles. The van der Waals surface area contributed by atoms with E-state index < -0.39 is 11.7 Å². The third kappa shape index (κ3) is 2.78. The lowest BCUT2D eigenvalue weighted by Crippen LogP contribution is -2.11. The van der Waals surface area contributed by atoms with Crippen LogP contribution < -0.4 is 5.32 Å². The van der Waals surface area contributed by atoms with Gasteiger partial charge in [0.2, 0.25) is 0 Å². The SMILES string of the molecule is FC(F)(F)c1ccc(-n2cncc2C2CCNC2)c(Cl)c1. The molecule has 1 saturated heterocycles. The lowest BCUT2D eigenvalue weighted by Gasteiger charge is -2.15. The van der Waals surface area contributed by atoms with Crippen LogP contribution >= 0.6 is 11.6 Å². The molecule has 1 unspecified atom stereocenters. The summed E-state index contributed by atoms with van der Waals surface area (Å²) in [6.07, 6.45) is -0.0902. The fraction of sp³-hybridized carbons (Fsp3) is 0.357. The van der Waals surface area contributed by atoms with Crippen LogP contribution in [0.4, 0.5) is 13.2 Å². The minimum absolute atomic E-state index is 0.0648. The van der Waals surface area contributed by atoms with Gasteiger partial charge in [0, 0.05) is 24.4 Å². The number of halogens is 4. The fourth-order valence-electron chi connectivity index (χ4n) is 2.59. The first kappa shape index (κ1) is 14.4. The molecule has 1 aromatic heterocycles. The molecular weight excluding hydrogens is 303 g/mol. The summed E-state index contributed by atoms with van der Waals surface area (Å²) in [6.45, 7) is 1.76. The third-order valence-corrected chi connectivity index (χ3v) is 3.98. The second kappa shape index (κ2) is 5.35. The highest BCUT2D eigenvalue weighted by molar-refractivity contribution is 6.32. The van der Waals surface area contributed by atoms with Crippen LogP contribution in [0.2, 0.25) is 5.02 Å². The Morgan fingerprint density at radius 2 is 2.14 bits per heavy atom. The first-order valence-electron chi connectivity index (χ1n) is 6.57. The molecule has 1 atom stereocenters. The molecule has 2 aromatic rings. The molecule has 3 nitrogen and oxygen atoms in total. The summed E-state index contributed by atoms with van der Waals surface area (Å²) in [6, 6.07) is 3.38. The van der Waals surface area contributed by atoms with Gasteiger partial charge in [-0.25, -0.2) is 4.98 Å². The van der Waals surface area contributed by atoms with Crippen molar-refractivity contribution in [3.63, 3.8) is 0 Å². The van der Waals surface area contributed by atoms with Gasteiger partial charge in [-0.2, -0.15) is 13.2 Å². The molecule has 0 bridgehead atoms. The van der Waals surface area contributed by atoms with E-state index in [1.54, 1.807) is 17.1 Å². The van der Waals surface area contributed by atoms with Crippen molar-refractivity contribution in [2.45, 2.75) is 18.5 Å². The van der Waals surface area contributed by atoms with Crippen LogP contribution in [0, 0.1) is 0 Å². The van der Waals surface area contributed by atoms with Gasteiger partial charge < -0.3 is 9.88 Å². The summed E-state index contributed by atoms with van der Waals surface area (Å²) in [4.78, 5) is 4.11. The molecule has 1 fully saturated rings. The van der Waals surface area contributed by atoms with Gasteiger partial charge in [0.15, 0.2) is 0 Å². The third-order valence-electron chi connectivity index (χ3n) is 3.68. The van der Waals surface area contributed by atoms with Crippen LogP contribution in [0.1, 0.15) is 23.6 Å². The molecule has 7 heteroatoms. The average Bonchev–Trinajstić information content (AvgIpc) is 3.08. The number of nitrogens with one attached hydrogen (secondary N) is 1. The van der Waals surface area contributed by atoms with E-state index in [0.717, 1.165) is 37.3 Å². The van der Waals surface area contributed by atoms with E-state index in [0.29, 0.717) is 11.6 Å². The van der Waals surface area contributed by atoms with Crippen molar-refractivity contribution in [3.05, 3.63) is 47.0 Å². The van der Waals surface area contributed by atoms with Crippen molar-refractivity contribution in [2.75, 3.05) is 13.1 Å². The summed E-state index contributed by atoms with van der Waals surface area (Å²) >= 11 is 6.04. The van der Waals surface area contributed by atoms with Gasteiger partial charge in [-0.3, -0.25) is 0 Å². The predicted octanol–water partition coefficient (Wildman–Crippen LogP) is 3.62. The molecule has 0 saturated carbocycles. The number of benzene rings is 1. The molecule has 112 valence electrons. The normalized spacial score (nSPS) is 19.1. The Labute approximate surface area is 124 Å². The minimum atomic E-state index is -4.39. The zero-order valence-corrected chi connectivity index (χ0v) is 11.7. The smallest absolute Gasteiger partial charge is 0.316 e. The summed E-state index contributed by atoms with van der Waals surface area (Å²) < 4.78 is 39.8. The number of nitrogens with zero attached hydrogens (tertiary/aromatic N) is 2. The Balaban J connectivity index is 2.00. The number of imidazole rings is 1. The van der Waals surface area contributed by atoms with Gasteiger partial charge in [-0.15, -0.1) is 0 Å². The second-order valence-corrected chi connectivity index (χ2v) is 5.45. The van der Waals surface area contributed by atoms with Crippen molar-refractivity contribution < 1.29 is 13.2 Å². The lowest BCUT2D eigenvalue weighted by atomic mass is 10.1. The van der Waals surface area contributed by atoms with Crippen molar-refractivity contribution in [3.8, 4) is 5.69 Å². The molecular formula is C14H13ClF3N3. The van der Waals surface area contributed by atoms with E-state index in [1.165, 1.54) is 6.07 Å². The topological polar surface area (TPSA) is 29.9 Å². The summed E-state index contributed by atoms with van der Waals surface area (Å²) in [5, 5.41) is 3.32. The van der Waals surface area contributed by atoms with Gasteiger partial charge >= 0.3 is 6.18 Å². The molecule has 0 spiro atoms. The molecule has 3 rings (SSSR count). The Hall–Kier alpha value is -1.53. The first-order chi connectivity index (χ1) is 9.97. The fourth-order valence-corrected chi connectivity index (χ4v) is 2.87. The van der Waals surface area contributed by atoms with E-state index in [-0.39, 0.29) is 5.02 Å². The van der Waals surface area contributed by atoms with E-state index in [4.69, 9.17) is 11.6 Å². The molecule has 2 heterocycles. The van der Waals surface area contributed by atoms with Crippen LogP contribution in [-0.2, 0) is 6.18 Å². The Kier molecular flexibility index (Phi) is 3.67. The summed E-state index contributed by atoms with van der Waals surface area (Å²) in [5.41, 5.74) is 0.728. The van der Waals surface area contributed by atoms with Crippen LogP contribution in [0.3, 0.4) is 0 Å². The quantitative estimate of drug-likeness (QED) is 0.917. The molecule has 0 radical (unpaired) electrons. The Bertz CT molecular complexity index is 645. The van der Waals surface area contributed by atoms with Crippen molar-refractivity contribution in [1.82, 2.24) is 14.9 Å². The zero-order chi connectivity index (χ0) is 15.0. The number of alkyl halides is 3. The average molecular weight is 316 g/mol. The Morgan fingerprint density at radius 3 is 2.76 bits per heavy atom. The maximum atomic E-state index is 12.7. The molecule has 1 aliphatic heterocycles. The van der Waals surface area contributed by atoms with E-state index in [1.807, 2.05) is 0 Å². The van der Waals surface area contributed by atoms with Crippen LogP contribution in [0.25, 0.3) is 5.69 Å². The van der Waals surface area contributed by atoms with E-state index >= 15 is 0 Å². The standard InChI is InChI=1S/C14H13ClF3N3/c15-11-5-10(14(16,17)18)1-2-12(11)21-8-20-7-13(21)9-3-4-19-6-9/h1-2,5,7-9,19H,3-4,6H2. The van der Waals surface area contributed by atoms with Crippen molar-refractivity contribution >= 4 is 11.6 Å². The maximum absolute atomic E-state index is 12.7. The summed E-state index contributed by atoms with van der Waals surface area (Å²) in [5.74, 6) is 0.297. The van der Waals surface area contributed by atoms with Crippen LogP contribution in [0.5, 0.6) is 0 Å². The molecule has 1 aromatic carbocycles. The van der Waals surface area contributed by atoms with Crippen molar-refractivity contribution in [1.29, 1.82) is 0 Å². The predicted molar refractivity (Wildman–Crippen MR) is 73.8 cm³/mol. The molecule has 1 aliphatic rings. The number of aromatic nitrogens is 2. The second-order valence-electron chi connectivity index (χ2n) is 5.04. The highest BCUT2D eigenvalue weighted by atomic mass is 35.5. The largest absolute Gasteiger partial charge is 0.416 e. The van der Waals surface area contributed by atoms with Gasteiger partial charge in [-0.05, 0) is 31.2 Å². The number of hydrogen-bond donors (Lipinski definition) is 1. The minimum Gasteiger partial charge on any atom is -0.316 e. The molecule has 0 amide bonds. The summed E-state index contributed by atoms with van der Waals surface area (Å²) in [7, 11) is 0. The van der Waals surface area contributed by atoms with Crippen molar-refractivity contribution in [2.24, 2.45) is 0 Å². The van der Waals surface area contributed by atoms with Gasteiger partial charge in [0.25, 0.3) is 0 Å².